The van der Waals surface area contributed by atoms with E-state index in [9.17, 15) is 22.8 Å². The van der Waals surface area contributed by atoms with Crippen LogP contribution in [0, 0.1) is 0 Å². The number of likely N-dealkylation sites (tertiary alicyclic amines) is 1. The average molecular weight is 625 g/mol. The number of hydrogen-bond donors (Lipinski definition) is 1. The minimum atomic E-state index is -4.41. The van der Waals surface area contributed by atoms with E-state index < -0.39 is 11.7 Å². The predicted octanol–water partition coefficient (Wildman–Crippen LogP) is 7.27. The van der Waals surface area contributed by atoms with Crippen molar-refractivity contribution in [2.24, 2.45) is 0 Å². The van der Waals surface area contributed by atoms with Gasteiger partial charge in [-0.3, -0.25) is 9.59 Å². The van der Waals surface area contributed by atoms with E-state index in [1.807, 2.05) is 18.2 Å². The number of nitrogens with one attached hydrogen (secondary N) is 1. The maximum atomic E-state index is 13.3. The van der Waals surface area contributed by atoms with Gasteiger partial charge in [0, 0.05) is 37.2 Å². The van der Waals surface area contributed by atoms with Crippen molar-refractivity contribution >= 4 is 11.9 Å². The van der Waals surface area contributed by atoms with Gasteiger partial charge in [0.1, 0.15) is 6.61 Å². The summed E-state index contributed by atoms with van der Waals surface area (Å²) < 4.78 is 49.5. The van der Waals surface area contributed by atoms with Crippen molar-refractivity contribution in [2.45, 2.75) is 63.1 Å². The summed E-state index contributed by atoms with van der Waals surface area (Å²) in [7, 11) is 1.58. The first-order chi connectivity index (χ1) is 21.6. The second-order valence-corrected chi connectivity index (χ2v) is 11.7. The highest BCUT2D eigenvalue weighted by Crippen LogP contribution is 2.37. The van der Waals surface area contributed by atoms with E-state index in [0.29, 0.717) is 29.7 Å². The van der Waals surface area contributed by atoms with E-state index in [1.54, 1.807) is 31.4 Å². The fourth-order valence-corrected chi connectivity index (χ4v) is 6.18. The Morgan fingerprint density at radius 1 is 0.889 bits per heavy atom. The molecule has 9 heteroatoms. The zero-order chi connectivity index (χ0) is 32.3. The van der Waals surface area contributed by atoms with Crippen LogP contribution >= 0.6 is 0 Å². The van der Waals surface area contributed by atoms with Crippen LogP contribution < -0.4 is 5.32 Å². The van der Waals surface area contributed by atoms with Crippen LogP contribution in [0.15, 0.2) is 78.9 Å². The second kappa shape index (κ2) is 16.0. The Morgan fingerprint density at radius 3 is 2.20 bits per heavy atom. The molecule has 1 aliphatic rings. The second-order valence-electron chi connectivity index (χ2n) is 11.7. The quantitative estimate of drug-likeness (QED) is 0.151. The number of alkyl halides is 3. The maximum absolute atomic E-state index is 13.3. The Labute approximate surface area is 263 Å². The van der Waals surface area contributed by atoms with E-state index in [1.165, 1.54) is 12.1 Å². The largest absolute Gasteiger partial charge is 0.463 e. The number of halogens is 3. The summed E-state index contributed by atoms with van der Waals surface area (Å²) in [6, 6.07) is 22.1. The molecule has 45 heavy (non-hydrogen) atoms. The number of nitrogens with zero attached hydrogens (tertiary/aromatic N) is 1. The van der Waals surface area contributed by atoms with Crippen molar-refractivity contribution in [1.29, 1.82) is 0 Å². The number of amides is 1. The minimum absolute atomic E-state index is 0.00957. The highest BCUT2D eigenvalue weighted by molar-refractivity contribution is 6.01. The van der Waals surface area contributed by atoms with Crippen LogP contribution in [0.5, 0.6) is 0 Å². The van der Waals surface area contributed by atoms with Gasteiger partial charge in [0.2, 0.25) is 0 Å². The Kier molecular flexibility index (Phi) is 12.2. The summed E-state index contributed by atoms with van der Waals surface area (Å²) in [5.41, 5.74) is 1.72. The lowest BCUT2D eigenvalue weighted by molar-refractivity contribution is -0.146. The third-order valence-electron chi connectivity index (χ3n) is 8.84. The van der Waals surface area contributed by atoms with Crippen molar-refractivity contribution in [2.75, 3.05) is 40.0 Å². The van der Waals surface area contributed by atoms with Gasteiger partial charge in [-0.2, -0.15) is 13.2 Å². The van der Waals surface area contributed by atoms with Crippen LogP contribution in [-0.2, 0) is 25.9 Å². The molecule has 0 aliphatic carbocycles. The number of rotatable bonds is 14. The van der Waals surface area contributed by atoms with Gasteiger partial charge in [0.15, 0.2) is 0 Å². The number of carbonyl (C=O) groups excluding carboxylic acids is 2. The molecular weight excluding hydrogens is 581 g/mol. The van der Waals surface area contributed by atoms with Gasteiger partial charge in [-0.25, -0.2) is 0 Å². The summed E-state index contributed by atoms with van der Waals surface area (Å²) in [6.45, 7) is 5.32. The molecule has 1 heterocycles. The maximum Gasteiger partial charge on any atom is 0.416 e. The van der Waals surface area contributed by atoms with E-state index in [-0.39, 0.29) is 29.9 Å². The molecule has 3 aromatic carbocycles. The number of carbonyl (C=O) groups is 2. The predicted molar refractivity (Wildman–Crippen MR) is 169 cm³/mol. The number of benzene rings is 3. The summed E-state index contributed by atoms with van der Waals surface area (Å²) in [6.07, 6.45) is 0.103. The molecule has 0 aromatic heterocycles. The number of ether oxygens (including phenoxy) is 2. The Balaban J connectivity index is 1.31. The molecule has 0 bridgehead atoms. The zero-order valence-electron chi connectivity index (χ0n) is 26.1. The molecule has 242 valence electrons. The molecule has 1 amide bonds. The number of methoxy groups -OCH3 is 1. The fraction of sp³-hybridized carbons (Fsp3) is 0.444. The lowest BCUT2D eigenvalue weighted by atomic mass is 9.72. The van der Waals surface area contributed by atoms with Crippen LogP contribution in [0.1, 0.15) is 66.9 Å². The van der Waals surface area contributed by atoms with E-state index >= 15 is 0 Å². The van der Waals surface area contributed by atoms with Crippen molar-refractivity contribution in [1.82, 2.24) is 10.2 Å². The lowest BCUT2D eigenvalue weighted by Gasteiger charge is -2.35. The zero-order valence-corrected chi connectivity index (χ0v) is 26.1. The lowest BCUT2D eigenvalue weighted by Crippen LogP contribution is -2.45. The first-order valence-electron chi connectivity index (χ1n) is 15.6. The standard InChI is InChI=1S/C36H43F3N2O4/c1-3-35(28-10-5-4-6-11-28,26-33(42)45-25-24-44-2)20-9-21-41-22-18-30(19-23-41)40-34(43)32-13-8-7-12-31(32)27-14-16-29(17-15-27)36(37,38)39/h4-8,10-17,30H,3,9,18-26H2,1-2H3,(H,40,43). The highest BCUT2D eigenvalue weighted by atomic mass is 19.4. The molecule has 6 nitrogen and oxygen atoms in total. The smallest absolute Gasteiger partial charge is 0.416 e. The number of piperidine rings is 1. The third-order valence-corrected chi connectivity index (χ3v) is 8.84. The molecule has 1 atom stereocenters. The van der Waals surface area contributed by atoms with Crippen molar-refractivity contribution < 1.29 is 32.2 Å². The summed E-state index contributed by atoms with van der Waals surface area (Å²) in [5.74, 6) is -0.439. The molecule has 0 radical (unpaired) electrons. The summed E-state index contributed by atoms with van der Waals surface area (Å²) in [5, 5.41) is 3.15. The van der Waals surface area contributed by atoms with E-state index in [2.05, 4.69) is 29.3 Å². The van der Waals surface area contributed by atoms with Crippen LogP contribution in [0.25, 0.3) is 11.1 Å². The number of hydrogen-bond acceptors (Lipinski definition) is 5. The molecular formula is C36H43F3N2O4. The average Bonchev–Trinajstić information content (AvgIpc) is 3.05. The molecule has 1 aliphatic heterocycles. The van der Waals surface area contributed by atoms with E-state index in [0.717, 1.165) is 69.4 Å². The SMILES string of the molecule is CCC(CCCN1CCC(NC(=O)c2ccccc2-c2ccc(C(F)(F)F)cc2)CC1)(CC(=O)OCCOC)c1ccccc1. The van der Waals surface area contributed by atoms with Crippen LogP contribution in [0.4, 0.5) is 13.2 Å². The fourth-order valence-electron chi connectivity index (χ4n) is 6.18. The first-order valence-corrected chi connectivity index (χ1v) is 15.6. The number of esters is 1. The molecule has 3 aromatic rings. The van der Waals surface area contributed by atoms with Gasteiger partial charge >= 0.3 is 12.1 Å². The van der Waals surface area contributed by atoms with Crippen molar-refractivity contribution in [3.63, 3.8) is 0 Å². The molecule has 1 N–H and O–H groups in total. The van der Waals surface area contributed by atoms with Gasteiger partial charge in [-0.05, 0) is 73.5 Å². The molecule has 1 saturated heterocycles. The monoisotopic (exact) mass is 624 g/mol. The van der Waals surface area contributed by atoms with E-state index in [4.69, 9.17) is 9.47 Å². The molecule has 1 fully saturated rings. The molecule has 0 saturated carbocycles. The van der Waals surface area contributed by atoms with Gasteiger partial charge < -0.3 is 19.7 Å². The molecule has 1 unspecified atom stereocenters. The Bertz CT molecular complexity index is 1370. The topological polar surface area (TPSA) is 67.9 Å². The Morgan fingerprint density at radius 2 is 1.56 bits per heavy atom. The first kappa shape index (κ1) is 34.2. The van der Waals surface area contributed by atoms with Gasteiger partial charge in [0.25, 0.3) is 5.91 Å². The van der Waals surface area contributed by atoms with Crippen LogP contribution in [-0.4, -0.2) is 62.8 Å². The summed E-state index contributed by atoms with van der Waals surface area (Å²) in [4.78, 5) is 28.4. The van der Waals surface area contributed by atoms with Crippen molar-refractivity contribution in [3.05, 3.63) is 95.6 Å². The van der Waals surface area contributed by atoms with Crippen molar-refractivity contribution in [3.8, 4) is 11.1 Å². The van der Waals surface area contributed by atoms with Gasteiger partial charge in [-0.1, -0.05) is 67.6 Å². The molecule has 4 rings (SSSR count). The third kappa shape index (κ3) is 9.41. The van der Waals surface area contributed by atoms with Gasteiger partial charge in [0.05, 0.1) is 18.6 Å². The minimum Gasteiger partial charge on any atom is -0.463 e. The molecule has 0 spiro atoms. The normalized spacial score (nSPS) is 15.8. The Hall–Kier alpha value is -3.69. The van der Waals surface area contributed by atoms with Crippen LogP contribution in [0.3, 0.4) is 0 Å². The summed E-state index contributed by atoms with van der Waals surface area (Å²) >= 11 is 0. The van der Waals surface area contributed by atoms with Crippen LogP contribution in [0.2, 0.25) is 0 Å². The van der Waals surface area contributed by atoms with Gasteiger partial charge in [-0.15, -0.1) is 0 Å². The highest BCUT2D eigenvalue weighted by Gasteiger charge is 2.34.